The standard InChI is InChI=1S/C19H21ClN4O4S/c1-29(27,28)23-17-12-14(2-3-16(17)20)18(25)22-15-6-10-24(11-7-15)19(26)13-4-8-21-9-5-13/h2-5,8-9,12,15,23H,6-7,10-11H2,1H3,(H,22,25). The van der Waals surface area contributed by atoms with Crippen LogP contribution in [0.25, 0.3) is 0 Å². The summed E-state index contributed by atoms with van der Waals surface area (Å²) < 4.78 is 25.2. The van der Waals surface area contributed by atoms with Gasteiger partial charge in [-0.15, -0.1) is 0 Å². The second-order valence-corrected chi connectivity index (χ2v) is 9.00. The van der Waals surface area contributed by atoms with Crippen LogP contribution in [0.4, 0.5) is 5.69 Å². The van der Waals surface area contributed by atoms with E-state index in [1.54, 1.807) is 29.4 Å². The summed E-state index contributed by atoms with van der Waals surface area (Å²) in [5.41, 5.74) is 1.05. The van der Waals surface area contributed by atoms with Gasteiger partial charge in [-0.25, -0.2) is 8.42 Å². The van der Waals surface area contributed by atoms with Crippen molar-refractivity contribution in [2.45, 2.75) is 18.9 Å². The number of nitrogens with zero attached hydrogens (tertiary/aromatic N) is 2. The van der Waals surface area contributed by atoms with Crippen LogP contribution in [-0.4, -0.2) is 55.5 Å². The van der Waals surface area contributed by atoms with Crippen LogP contribution < -0.4 is 10.0 Å². The lowest BCUT2D eigenvalue weighted by atomic mass is 10.0. The van der Waals surface area contributed by atoms with Crippen molar-refractivity contribution in [3.05, 3.63) is 58.9 Å². The minimum absolute atomic E-state index is 0.0497. The topological polar surface area (TPSA) is 108 Å². The third-order valence-corrected chi connectivity index (χ3v) is 5.49. The first kappa shape index (κ1) is 21.1. The molecule has 1 aliphatic heterocycles. The highest BCUT2D eigenvalue weighted by Crippen LogP contribution is 2.24. The van der Waals surface area contributed by atoms with Gasteiger partial charge in [-0.05, 0) is 43.2 Å². The molecular formula is C19H21ClN4O4S. The molecule has 1 saturated heterocycles. The number of sulfonamides is 1. The van der Waals surface area contributed by atoms with Crippen molar-refractivity contribution in [2.75, 3.05) is 24.1 Å². The molecular weight excluding hydrogens is 416 g/mol. The van der Waals surface area contributed by atoms with E-state index in [9.17, 15) is 18.0 Å². The van der Waals surface area contributed by atoms with E-state index in [0.717, 1.165) is 6.26 Å². The second kappa shape index (κ2) is 8.79. The second-order valence-electron chi connectivity index (χ2n) is 6.84. The zero-order valence-corrected chi connectivity index (χ0v) is 17.3. The summed E-state index contributed by atoms with van der Waals surface area (Å²) in [4.78, 5) is 30.7. The Balaban J connectivity index is 1.59. The molecule has 0 radical (unpaired) electrons. The number of carbonyl (C=O) groups is 2. The number of rotatable bonds is 5. The van der Waals surface area contributed by atoms with Crippen molar-refractivity contribution in [1.29, 1.82) is 0 Å². The lowest BCUT2D eigenvalue weighted by molar-refractivity contribution is 0.0698. The van der Waals surface area contributed by atoms with E-state index >= 15 is 0 Å². The molecule has 0 atom stereocenters. The van der Waals surface area contributed by atoms with E-state index < -0.39 is 10.0 Å². The maximum atomic E-state index is 12.6. The monoisotopic (exact) mass is 436 g/mol. The molecule has 2 N–H and O–H groups in total. The first-order valence-electron chi connectivity index (χ1n) is 9.00. The average molecular weight is 437 g/mol. The van der Waals surface area contributed by atoms with E-state index in [4.69, 9.17) is 11.6 Å². The Morgan fingerprint density at radius 3 is 2.38 bits per heavy atom. The molecule has 0 aliphatic carbocycles. The summed E-state index contributed by atoms with van der Waals surface area (Å²) in [5.74, 6) is -0.372. The lowest BCUT2D eigenvalue weighted by Crippen LogP contribution is -2.46. The van der Waals surface area contributed by atoms with Crippen LogP contribution in [0.15, 0.2) is 42.7 Å². The Morgan fingerprint density at radius 2 is 1.76 bits per heavy atom. The number of aromatic nitrogens is 1. The zero-order valence-electron chi connectivity index (χ0n) is 15.8. The van der Waals surface area contributed by atoms with Crippen LogP contribution in [0.2, 0.25) is 5.02 Å². The molecule has 3 rings (SSSR count). The highest BCUT2D eigenvalue weighted by Gasteiger charge is 2.25. The third-order valence-electron chi connectivity index (χ3n) is 4.57. The Hall–Kier alpha value is -2.65. The molecule has 1 aromatic carbocycles. The van der Waals surface area contributed by atoms with Crippen molar-refractivity contribution < 1.29 is 18.0 Å². The van der Waals surface area contributed by atoms with Gasteiger partial charge in [-0.3, -0.25) is 19.3 Å². The average Bonchev–Trinajstić information content (AvgIpc) is 2.69. The number of carbonyl (C=O) groups excluding carboxylic acids is 2. The lowest BCUT2D eigenvalue weighted by Gasteiger charge is -2.32. The zero-order chi connectivity index (χ0) is 21.0. The van der Waals surface area contributed by atoms with Crippen LogP contribution in [-0.2, 0) is 10.0 Å². The molecule has 2 amide bonds. The molecule has 8 nitrogen and oxygen atoms in total. The quantitative estimate of drug-likeness (QED) is 0.746. The largest absolute Gasteiger partial charge is 0.349 e. The normalized spacial score (nSPS) is 15.0. The molecule has 2 aromatic rings. The van der Waals surface area contributed by atoms with Gasteiger partial charge >= 0.3 is 0 Å². The third kappa shape index (κ3) is 5.68. The van der Waals surface area contributed by atoms with Crippen molar-refractivity contribution in [2.24, 2.45) is 0 Å². The van der Waals surface area contributed by atoms with Crippen LogP contribution in [0.3, 0.4) is 0 Å². The fourth-order valence-electron chi connectivity index (χ4n) is 3.12. The molecule has 1 aromatic heterocycles. The van der Waals surface area contributed by atoms with Crippen LogP contribution in [0, 0.1) is 0 Å². The van der Waals surface area contributed by atoms with Gasteiger partial charge in [0.05, 0.1) is 17.0 Å². The first-order valence-corrected chi connectivity index (χ1v) is 11.3. The van der Waals surface area contributed by atoms with Crippen molar-refractivity contribution in [3.63, 3.8) is 0 Å². The number of nitrogens with one attached hydrogen (secondary N) is 2. The van der Waals surface area contributed by atoms with Gasteiger partial charge in [-0.1, -0.05) is 11.6 Å². The maximum absolute atomic E-state index is 12.6. The summed E-state index contributed by atoms with van der Waals surface area (Å²) >= 11 is 6.00. The Bertz CT molecular complexity index is 1010. The highest BCUT2D eigenvalue weighted by molar-refractivity contribution is 7.92. The van der Waals surface area contributed by atoms with Gasteiger partial charge in [0, 0.05) is 42.7 Å². The fraction of sp³-hybridized carbons (Fsp3) is 0.316. The number of pyridine rings is 1. The minimum Gasteiger partial charge on any atom is -0.349 e. The summed E-state index contributed by atoms with van der Waals surface area (Å²) in [6, 6.07) is 7.69. The SMILES string of the molecule is CS(=O)(=O)Nc1cc(C(=O)NC2CCN(C(=O)c3ccncc3)CC2)ccc1Cl. The molecule has 29 heavy (non-hydrogen) atoms. The molecule has 0 unspecified atom stereocenters. The van der Waals surface area contributed by atoms with Gasteiger partial charge in [0.15, 0.2) is 0 Å². The van der Waals surface area contributed by atoms with E-state index in [2.05, 4.69) is 15.0 Å². The molecule has 0 spiro atoms. The Kier molecular flexibility index (Phi) is 6.39. The molecule has 1 aliphatic rings. The molecule has 2 heterocycles. The summed E-state index contributed by atoms with van der Waals surface area (Å²) in [7, 11) is -3.51. The van der Waals surface area contributed by atoms with Gasteiger partial charge < -0.3 is 10.2 Å². The molecule has 10 heteroatoms. The van der Waals surface area contributed by atoms with Crippen molar-refractivity contribution in [1.82, 2.24) is 15.2 Å². The number of halogens is 1. The highest BCUT2D eigenvalue weighted by atomic mass is 35.5. The molecule has 1 fully saturated rings. The maximum Gasteiger partial charge on any atom is 0.253 e. The van der Waals surface area contributed by atoms with Crippen molar-refractivity contribution in [3.8, 4) is 0 Å². The van der Waals surface area contributed by atoms with Gasteiger partial charge in [0.25, 0.3) is 11.8 Å². The number of piperidine rings is 1. The van der Waals surface area contributed by atoms with Crippen LogP contribution in [0.5, 0.6) is 0 Å². The Labute approximate surface area is 174 Å². The number of hydrogen-bond donors (Lipinski definition) is 2. The summed E-state index contributed by atoms with van der Waals surface area (Å²) in [5, 5.41) is 3.14. The van der Waals surface area contributed by atoms with E-state index in [0.29, 0.717) is 37.1 Å². The number of likely N-dealkylation sites (tertiary alicyclic amines) is 1. The molecule has 0 bridgehead atoms. The van der Waals surface area contributed by atoms with Crippen molar-refractivity contribution >= 4 is 39.1 Å². The number of anilines is 1. The van der Waals surface area contributed by atoms with Crippen LogP contribution in [0.1, 0.15) is 33.6 Å². The van der Waals surface area contributed by atoms with E-state index in [1.807, 2.05) is 0 Å². The number of benzene rings is 1. The Morgan fingerprint density at radius 1 is 1.10 bits per heavy atom. The smallest absolute Gasteiger partial charge is 0.253 e. The first-order chi connectivity index (χ1) is 13.7. The molecule has 154 valence electrons. The van der Waals surface area contributed by atoms with Gasteiger partial charge in [0.1, 0.15) is 0 Å². The van der Waals surface area contributed by atoms with E-state index in [-0.39, 0.29) is 28.6 Å². The van der Waals surface area contributed by atoms with E-state index in [1.165, 1.54) is 18.2 Å². The number of hydrogen-bond acceptors (Lipinski definition) is 5. The molecule has 0 saturated carbocycles. The number of amides is 2. The fourth-order valence-corrected chi connectivity index (χ4v) is 3.91. The predicted octanol–water partition coefficient (Wildman–Crippen LogP) is 2.14. The van der Waals surface area contributed by atoms with Crippen LogP contribution >= 0.6 is 11.6 Å². The van der Waals surface area contributed by atoms with Gasteiger partial charge in [0.2, 0.25) is 10.0 Å². The van der Waals surface area contributed by atoms with Gasteiger partial charge in [-0.2, -0.15) is 0 Å². The summed E-state index contributed by atoms with van der Waals surface area (Å²) in [6.07, 6.45) is 5.44. The summed E-state index contributed by atoms with van der Waals surface area (Å²) in [6.45, 7) is 1.07. The predicted molar refractivity (Wildman–Crippen MR) is 111 cm³/mol. The minimum atomic E-state index is -3.51.